The van der Waals surface area contributed by atoms with Crippen molar-refractivity contribution in [2.24, 2.45) is 5.73 Å². The molecule has 0 saturated carbocycles. The van der Waals surface area contributed by atoms with Crippen molar-refractivity contribution in [2.45, 2.75) is 0 Å². The number of nitrogens with zero attached hydrogens (tertiary/aromatic N) is 1. The molecule has 0 aliphatic heterocycles. The molecule has 82 valence electrons. The number of hydrogen-bond acceptors (Lipinski definition) is 4. The van der Waals surface area contributed by atoms with E-state index < -0.39 is 5.91 Å². The first-order chi connectivity index (χ1) is 7.68. The van der Waals surface area contributed by atoms with Crippen molar-refractivity contribution in [3.63, 3.8) is 0 Å². The summed E-state index contributed by atoms with van der Waals surface area (Å²) >= 11 is 0. The Balaban J connectivity index is 2.40. The minimum atomic E-state index is -0.422. The highest BCUT2D eigenvalue weighted by Crippen LogP contribution is 2.27. The van der Waals surface area contributed by atoms with Crippen LogP contribution in [-0.4, -0.2) is 17.4 Å². The number of pyridine rings is 1. The molecule has 0 radical (unpaired) electrons. The first kappa shape index (κ1) is 10.2. The van der Waals surface area contributed by atoms with Crippen LogP contribution in [0.5, 0.6) is 0 Å². The molecule has 16 heavy (non-hydrogen) atoms. The zero-order chi connectivity index (χ0) is 11.5. The second kappa shape index (κ2) is 4.06. The van der Waals surface area contributed by atoms with Crippen LogP contribution in [0, 0.1) is 0 Å². The largest absolute Gasteiger partial charge is 0.397 e. The molecule has 0 atom stereocenters. The lowest BCUT2D eigenvalue weighted by Gasteiger charge is -2.09. The summed E-state index contributed by atoms with van der Waals surface area (Å²) < 4.78 is 0. The van der Waals surface area contributed by atoms with E-state index in [9.17, 15) is 4.79 Å². The van der Waals surface area contributed by atoms with Crippen molar-refractivity contribution < 1.29 is 4.79 Å². The van der Waals surface area contributed by atoms with Crippen molar-refractivity contribution in [3.8, 4) is 0 Å². The van der Waals surface area contributed by atoms with E-state index in [0.29, 0.717) is 11.4 Å². The van der Waals surface area contributed by atoms with Crippen molar-refractivity contribution in [2.75, 3.05) is 17.6 Å². The Morgan fingerprint density at radius 3 is 2.94 bits per heavy atom. The van der Waals surface area contributed by atoms with E-state index in [2.05, 4.69) is 10.3 Å². The Bertz CT molecular complexity index is 538. The van der Waals surface area contributed by atoms with Gasteiger partial charge in [-0.25, -0.2) is 0 Å². The molecule has 0 saturated heterocycles. The molecule has 0 spiro atoms. The fourth-order valence-corrected chi connectivity index (χ4v) is 1.53. The summed E-state index contributed by atoms with van der Waals surface area (Å²) in [6, 6.07) is 5.53. The summed E-state index contributed by atoms with van der Waals surface area (Å²) in [4.78, 5) is 14.7. The lowest BCUT2D eigenvalue weighted by molar-refractivity contribution is -0.116. The third-order valence-corrected chi connectivity index (χ3v) is 2.31. The summed E-state index contributed by atoms with van der Waals surface area (Å²) in [6.45, 7) is 0.0702. The summed E-state index contributed by atoms with van der Waals surface area (Å²) in [6.07, 6.45) is 3.42. The maximum absolute atomic E-state index is 10.7. The van der Waals surface area contributed by atoms with Gasteiger partial charge in [0.1, 0.15) is 0 Å². The molecule has 5 nitrogen and oxygen atoms in total. The lowest BCUT2D eigenvalue weighted by Crippen LogP contribution is -2.22. The van der Waals surface area contributed by atoms with Crippen LogP contribution in [0.1, 0.15) is 0 Å². The average molecular weight is 216 g/mol. The molecule has 0 aliphatic rings. The van der Waals surface area contributed by atoms with Crippen LogP contribution in [0.15, 0.2) is 30.6 Å². The van der Waals surface area contributed by atoms with Crippen LogP contribution in [0.4, 0.5) is 11.4 Å². The van der Waals surface area contributed by atoms with E-state index in [1.807, 2.05) is 18.2 Å². The van der Waals surface area contributed by atoms with Gasteiger partial charge >= 0.3 is 0 Å². The molecule has 1 amide bonds. The maximum Gasteiger partial charge on any atom is 0.236 e. The Morgan fingerprint density at radius 2 is 2.19 bits per heavy atom. The average Bonchev–Trinajstić information content (AvgIpc) is 2.28. The molecular weight excluding hydrogens is 204 g/mol. The molecule has 0 unspecified atom stereocenters. The van der Waals surface area contributed by atoms with E-state index >= 15 is 0 Å². The SMILES string of the molecule is NC(=O)CNc1ccc2cnccc2c1N. The summed E-state index contributed by atoms with van der Waals surface area (Å²) in [5.41, 5.74) is 12.3. The number of nitrogen functional groups attached to an aromatic ring is 1. The number of amides is 1. The number of nitrogens with one attached hydrogen (secondary N) is 1. The fraction of sp³-hybridized carbons (Fsp3) is 0.0909. The molecule has 5 N–H and O–H groups in total. The third-order valence-electron chi connectivity index (χ3n) is 2.31. The van der Waals surface area contributed by atoms with Crippen molar-refractivity contribution in [1.82, 2.24) is 4.98 Å². The van der Waals surface area contributed by atoms with E-state index in [4.69, 9.17) is 11.5 Å². The number of aromatic nitrogens is 1. The number of hydrogen-bond donors (Lipinski definition) is 3. The number of rotatable bonds is 3. The fourth-order valence-electron chi connectivity index (χ4n) is 1.53. The minimum Gasteiger partial charge on any atom is -0.397 e. The molecule has 2 rings (SSSR count). The Hall–Kier alpha value is -2.30. The first-order valence-electron chi connectivity index (χ1n) is 4.83. The van der Waals surface area contributed by atoms with E-state index in [1.54, 1.807) is 12.4 Å². The second-order valence-electron chi connectivity index (χ2n) is 3.44. The van der Waals surface area contributed by atoms with Crippen LogP contribution >= 0.6 is 0 Å². The van der Waals surface area contributed by atoms with Crippen LogP contribution < -0.4 is 16.8 Å². The van der Waals surface area contributed by atoms with E-state index in [0.717, 1.165) is 10.8 Å². The zero-order valence-corrected chi connectivity index (χ0v) is 8.60. The van der Waals surface area contributed by atoms with Crippen molar-refractivity contribution >= 4 is 28.1 Å². The molecule has 1 aromatic heterocycles. The van der Waals surface area contributed by atoms with Gasteiger partial charge in [0.2, 0.25) is 5.91 Å². The Kier molecular flexibility index (Phi) is 2.59. The van der Waals surface area contributed by atoms with Crippen LogP contribution in [0.2, 0.25) is 0 Å². The Labute approximate surface area is 92.5 Å². The summed E-state index contributed by atoms with van der Waals surface area (Å²) in [5, 5.41) is 4.75. The van der Waals surface area contributed by atoms with Gasteiger partial charge < -0.3 is 16.8 Å². The van der Waals surface area contributed by atoms with E-state index in [1.165, 1.54) is 0 Å². The predicted molar refractivity (Wildman–Crippen MR) is 63.8 cm³/mol. The van der Waals surface area contributed by atoms with Gasteiger partial charge in [-0.1, -0.05) is 6.07 Å². The number of anilines is 2. The van der Waals surface area contributed by atoms with Gasteiger partial charge in [0, 0.05) is 23.2 Å². The topological polar surface area (TPSA) is 94.0 Å². The molecule has 0 aliphatic carbocycles. The standard InChI is InChI=1S/C11H12N4O/c12-10(16)6-15-9-2-1-7-5-14-4-3-8(7)11(9)13/h1-5,15H,6,13H2,(H2,12,16). The van der Waals surface area contributed by atoms with Crippen molar-refractivity contribution in [1.29, 1.82) is 0 Å². The number of benzene rings is 1. The van der Waals surface area contributed by atoms with Gasteiger partial charge in [0.15, 0.2) is 0 Å². The molecule has 5 heteroatoms. The van der Waals surface area contributed by atoms with Gasteiger partial charge in [-0.2, -0.15) is 0 Å². The monoisotopic (exact) mass is 216 g/mol. The van der Waals surface area contributed by atoms with Gasteiger partial charge in [-0.15, -0.1) is 0 Å². The molecule has 1 heterocycles. The lowest BCUT2D eigenvalue weighted by atomic mass is 10.1. The van der Waals surface area contributed by atoms with Gasteiger partial charge in [-0.3, -0.25) is 9.78 Å². The zero-order valence-electron chi connectivity index (χ0n) is 8.60. The van der Waals surface area contributed by atoms with E-state index in [-0.39, 0.29) is 6.54 Å². The number of fused-ring (bicyclic) bond motifs is 1. The van der Waals surface area contributed by atoms with Gasteiger partial charge in [0.25, 0.3) is 0 Å². The molecule has 2 aromatic rings. The van der Waals surface area contributed by atoms with Crippen LogP contribution in [-0.2, 0) is 4.79 Å². The first-order valence-corrected chi connectivity index (χ1v) is 4.83. The number of carbonyl (C=O) groups is 1. The third kappa shape index (κ3) is 1.88. The quantitative estimate of drug-likeness (QED) is 0.659. The number of carbonyl (C=O) groups excluding carboxylic acids is 1. The normalized spacial score (nSPS) is 10.2. The maximum atomic E-state index is 10.7. The Morgan fingerprint density at radius 1 is 1.38 bits per heavy atom. The summed E-state index contributed by atoms with van der Waals surface area (Å²) in [5.74, 6) is -0.422. The highest BCUT2D eigenvalue weighted by atomic mass is 16.1. The number of nitrogens with two attached hydrogens (primary N) is 2. The second-order valence-corrected chi connectivity index (χ2v) is 3.44. The minimum absolute atomic E-state index is 0.0702. The smallest absolute Gasteiger partial charge is 0.236 e. The highest BCUT2D eigenvalue weighted by molar-refractivity contribution is 5.98. The molecule has 0 bridgehead atoms. The van der Waals surface area contributed by atoms with Crippen molar-refractivity contribution in [3.05, 3.63) is 30.6 Å². The molecular formula is C11H12N4O. The highest BCUT2D eigenvalue weighted by Gasteiger charge is 2.04. The number of primary amides is 1. The predicted octanol–water partition coefficient (Wildman–Crippen LogP) is 0.714. The van der Waals surface area contributed by atoms with Crippen LogP contribution in [0.3, 0.4) is 0 Å². The van der Waals surface area contributed by atoms with Gasteiger partial charge in [0.05, 0.1) is 17.9 Å². The van der Waals surface area contributed by atoms with Gasteiger partial charge in [-0.05, 0) is 12.1 Å². The molecule has 0 fully saturated rings. The molecule has 1 aromatic carbocycles. The summed E-state index contributed by atoms with van der Waals surface area (Å²) in [7, 11) is 0. The van der Waals surface area contributed by atoms with Crippen LogP contribution in [0.25, 0.3) is 10.8 Å².